The van der Waals surface area contributed by atoms with E-state index in [9.17, 15) is 4.79 Å². The van der Waals surface area contributed by atoms with Crippen LogP contribution in [0.1, 0.15) is 22.0 Å². The molecule has 1 amide bonds. The van der Waals surface area contributed by atoms with Gasteiger partial charge in [-0.15, -0.1) is 0 Å². The molecule has 4 rings (SSSR count). The van der Waals surface area contributed by atoms with E-state index in [4.69, 9.17) is 4.74 Å². The molecule has 1 aliphatic heterocycles. The number of hydrogen-bond acceptors (Lipinski definition) is 5. The number of pyridine rings is 1. The summed E-state index contributed by atoms with van der Waals surface area (Å²) in [6, 6.07) is 21.5. The van der Waals surface area contributed by atoms with Gasteiger partial charge < -0.3 is 20.3 Å². The van der Waals surface area contributed by atoms with Gasteiger partial charge in [-0.25, -0.2) is 4.98 Å². The Kier molecular flexibility index (Phi) is 5.72. The van der Waals surface area contributed by atoms with Crippen LogP contribution in [0.2, 0.25) is 0 Å². The van der Waals surface area contributed by atoms with Crippen LogP contribution in [-0.4, -0.2) is 37.6 Å². The lowest BCUT2D eigenvalue weighted by atomic mass is 10.0. The number of nitrogens with one attached hydrogen (secondary N) is 2. The van der Waals surface area contributed by atoms with Gasteiger partial charge in [0.2, 0.25) is 0 Å². The SMILES string of the molecule is COc1ccc(NC(=O)c2cccnc2N2CCN[C@@H](c3ccccc3)C2)cc1. The van der Waals surface area contributed by atoms with Gasteiger partial charge in [0.15, 0.2) is 0 Å². The number of piperazine rings is 1. The molecule has 2 N–H and O–H groups in total. The van der Waals surface area contributed by atoms with Crippen LogP contribution in [0.3, 0.4) is 0 Å². The minimum Gasteiger partial charge on any atom is -0.497 e. The summed E-state index contributed by atoms with van der Waals surface area (Å²) in [5.41, 5.74) is 2.52. The van der Waals surface area contributed by atoms with Crippen LogP contribution in [-0.2, 0) is 0 Å². The van der Waals surface area contributed by atoms with Crippen LogP contribution in [0.25, 0.3) is 0 Å². The van der Waals surface area contributed by atoms with Crippen LogP contribution >= 0.6 is 0 Å². The van der Waals surface area contributed by atoms with Gasteiger partial charge in [0, 0.05) is 37.6 Å². The summed E-state index contributed by atoms with van der Waals surface area (Å²) in [6.07, 6.45) is 1.74. The second-order valence-corrected chi connectivity index (χ2v) is 6.92. The maximum atomic E-state index is 13.0. The van der Waals surface area contributed by atoms with E-state index < -0.39 is 0 Å². The topological polar surface area (TPSA) is 66.5 Å². The first kappa shape index (κ1) is 19.0. The van der Waals surface area contributed by atoms with Gasteiger partial charge in [0.25, 0.3) is 5.91 Å². The van der Waals surface area contributed by atoms with E-state index in [-0.39, 0.29) is 11.9 Å². The fourth-order valence-corrected chi connectivity index (χ4v) is 3.55. The third kappa shape index (κ3) is 4.38. The van der Waals surface area contributed by atoms with Crippen LogP contribution in [0.5, 0.6) is 5.75 Å². The molecule has 148 valence electrons. The monoisotopic (exact) mass is 388 g/mol. The average molecular weight is 388 g/mol. The third-order valence-electron chi connectivity index (χ3n) is 5.06. The van der Waals surface area contributed by atoms with Crippen LogP contribution in [0, 0.1) is 0 Å². The standard InChI is InChI=1S/C23H24N4O2/c1-29-19-11-9-18(10-12-19)26-23(28)20-8-5-13-25-22(20)27-15-14-24-21(16-27)17-6-3-2-4-7-17/h2-13,21,24H,14-16H2,1H3,(H,26,28)/t21-/m1/s1. The highest BCUT2D eigenvalue weighted by Crippen LogP contribution is 2.25. The van der Waals surface area contributed by atoms with Crippen molar-refractivity contribution in [2.24, 2.45) is 0 Å². The molecule has 1 aromatic heterocycles. The molecule has 0 unspecified atom stereocenters. The number of anilines is 2. The van der Waals surface area contributed by atoms with Crippen LogP contribution in [0.4, 0.5) is 11.5 Å². The minimum absolute atomic E-state index is 0.173. The Morgan fingerprint density at radius 2 is 1.90 bits per heavy atom. The maximum absolute atomic E-state index is 13.0. The van der Waals surface area contributed by atoms with Crippen molar-refractivity contribution in [1.29, 1.82) is 0 Å². The van der Waals surface area contributed by atoms with E-state index in [1.807, 2.05) is 48.5 Å². The highest BCUT2D eigenvalue weighted by atomic mass is 16.5. The predicted octanol–water partition coefficient (Wildman–Crippen LogP) is 3.49. The number of amides is 1. The molecule has 6 nitrogen and oxygen atoms in total. The molecule has 0 bridgehead atoms. The van der Waals surface area contributed by atoms with Crippen molar-refractivity contribution in [3.8, 4) is 5.75 Å². The molecule has 0 saturated carbocycles. The van der Waals surface area contributed by atoms with Gasteiger partial charge in [-0.05, 0) is 42.0 Å². The Balaban J connectivity index is 1.53. The molecule has 1 fully saturated rings. The zero-order valence-corrected chi connectivity index (χ0v) is 16.3. The molecule has 1 atom stereocenters. The molecular weight excluding hydrogens is 364 g/mol. The summed E-state index contributed by atoms with van der Waals surface area (Å²) in [5.74, 6) is 1.28. The molecule has 0 radical (unpaired) electrons. The molecule has 29 heavy (non-hydrogen) atoms. The lowest BCUT2D eigenvalue weighted by molar-refractivity contribution is 0.102. The van der Waals surface area contributed by atoms with Gasteiger partial charge in [-0.2, -0.15) is 0 Å². The Bertz CT molecular complexity index is 960. The zero-order valence-electron chi connectivity index (χ0n) is 16.3. The fraction of sp³-hybridized carbons (Fsp3) is 0.217. The largest absolute Gasteiger partial charge is 0.497 e. The van der Waals surface area contributed by atoms with Crippen molar-refractivity contribution in [2.75, 3.05) is 37.0 Å². The lowest BCUT2D eigenvalue weighted by Crippen LogP contribution is -2.46. The van der Waals surface area contributed by atoms with Crippen molar-refractivity contribution in [2.45, 2.75) is 6.04 Å². The van der Waals surface area contributed by atoms with Gasteiger partial charge in [-0.3, -0.25) is 4.79 Å². The van der Waals surface area contributed by atoms with Crippen LogP contribution < -0.4 is 20.3 Å². The number of hydrogen-bond donors (Lipinski definition) is 2. The number of carbonyl (C=O) groups excluding carboxylic acids is 1. The Morgan fingerprint density at radius 1 is 1.10 bits per heavy atom. The molecule has 6 heteroatoms. The first-order valence-electron chi connectivity index (χ1n) is 9.68. The Hall–Kier alpha value is -3.38. The summed E-state index contributed by atoms with van der Waals surface area (Å²) in [6.45, 7) is 2.38. The van der Waals surface area contributed by atoms with Crippen molar-refractivity contribution >= 4 is 17.4 Å². The van der Waals surface area contributed by atoms with Gasteiger partial charge >= 0.3 is 0 Å². The first-order valence-corrected chi connectivity index (χ1v) is 9.68. The Morgan fingerprint density at radius 3 is 2.66 bits per heavy atom. The van der Waals surface area contributed by atoms with E-state index in [1.165, 1.54) is 5.56 Å². The van der Waals surface area contributed by atoms with Crippen molar-refractivity contribution in [3.63, 3.8) is 0 Å². The predicted molar refractivity (Wildman–Crippen MR) is 115 cm³/mol. The smallest absolute Gasteiger partial charge is 0.259 e. The van der Waals surface area contributed by atoms with Crippen molar-refractivity contribution in [3.05, 3.63) is 84.1 Å². The summed E-state index contributed by atoms with van der Waals surface area (Å²) >= 11 is 0. The molecular formula is C23H24N4O2. The molecule has 1 saturated heterocycles. The molecule has 2 aromatic carbocycles. The fourth-order valence-electron chi connectivity index (χ4n) is 3.55. The number of aromatic nitrogens is 1. The highest BCUT2D eigenvalue weighted by Gasteiger charge is 2.25. The number of ether oxygens (including phenoxy) is 1. The van der Waals surface area contributed by atoms with E-state index in [2.05, 4.69) is 32.7 Å². The quantitative estimate of drug-likeness (QED) is 0.700. The lowest BCUT2D eigenvalue weighted by Gasteiger charge is -2.35. The van der Waals surface area contributed by atoms with E-state index in [0.29, 0.717) is 17.1 Å². The summed E-state index contributed by atoms with van der Waals surface area (Å²) in [4.78, 5) is 19.7. The normalized spacial score (nSPS) is 16.3. The van der Waals surface area contributed by atoms with Gasteiger partial charge in [0.1, 0.15) is 11.6 Å². The van der Waals surface area contributed by atoms with E-state index in [1.54, 1.807) is 19.4 Å². The average Bonchev–Trinajstić information content (AvgIpc) is 2.80. The number of carbonyl (C=O) groups is 1. The highest BCUT2D eigenvalue weighted by molar-refractivity contribution is 6.07. The molecule has 0 aliphatic carbocycles. The molecule has 3 aromatic rings. The van der Waals surface area contributed by atoms with Gasteiger partial charge in [0.05, 0.1) is 12.7 Å². The maximum Gasteiger partial charge on any atom is 0.259 e. The number of methoxy groups -OCH3 is 1. The minimum atomic E-state index is -0.173. The van der Waals surface area contributed by atoms with Gasteiger partial charge in [-0.1, -0.05) is 30.3 Å². The summed E-state index contributed by atoms with van der Waals surface area (Å²) in [7, 11) is 1.62. The summed E-state index contributed by atoms with van der Waals surface area (Å²) in [5, 5.41) is 6.51. The molecule has 2 heterocycles. The number of nitrogens with zero attached hydrogens (tertiary/aromatic N) is 2. The molecule has 1 aliphatic rings. The van der Waals surface area contributed by atoms with E-state index in [0.717, 1.165) is 25.4 Å². The van der Waals surface area contributed by atoms with E-state index >= 15 is 0 Å². The van der Waals surface area contributed by atoms with Crippen molar-refractivity contribution in [1.82, 2.24) is 10.3 Å². The van der Waals surface area contributed by atoms with Crippen LogP contribution in [0.15, 0.2) is 72.9 Å². The third-order valence-corrected chi connectivity index (χ3v) is 5.06. The second kappa shape index (κ2) is 8.75. The number of benzene rings is 2. The first-order chi connectivity index (χ1) is 14.2. The number of rotatable bonds is 5. The second-order valence-electron chi connectivity index (χ2n) is 6.92. The summed E-state index contributed by atoms with van der Waals surface area (Å²) < 4.78 is 5.17. The zero-order chi connectivity index (χ0) is 20.1. The van der Waals surface area contributed by atoms with Crippen molar-refractivity contribution < 1.29 is 9.53 Å². The Labute approximate surface area is 170 Å². The molecule has 0 spiro atoms.